The first-order valence-corrected chi connectivity index (χ1v) is 9.61. The average molecular weight is 394 g/mol. The number of para-hydroxylation sites is 1. The molecule has 0 radical (unpaired) electrons. The predicted octanol–water partition coefficient (Wildman–Crippen LogP) is 4.31. The Bertz CT molecular complexity index is 971. The maximum atomic E-state index is 5.81. The monoisotopic (exact) mass is 393 g/mol. The molecule has 1 aliphatic heterocycles. The number of aromatic nitrogens is 1. The zero-order valence-corrected chi connectivity index (χ0v) is 16.8. The van der Waals surface area contributed by atoms with Crippen LogP contribution in [0.4, 0.5) is 5.69 Å². The van der Waals surface area contributed by atoms with Gasteiger partial charge in [0.1, 0.15) is 17.5 Å². The van der Waals surface area contributed by atoms with Gasteiger partial charge in [0.2, 0.25) is 0 Å². The fourth-order valence-electron chi connectivity index (χ4n) is 3.70. The maximum absolute atomic E-state index is 5.81. The van der Waals surface area contributed by atoms with Crippen LogP contribution >= 0.6 is 12.2 Å². The van der Waals surface area contributed by atoms with Crippen molar-refractivity contribution < 1.29 is 9.47 Å². The summed E-state index contributed by atoms with van der Waals surface area (Å²) >= 11 is 5.81. The molecule has 0 saturated heterocycles. The second-order valence-corrected chi connectivity index (χ2v) is 7.01. The van der Waals surface area contributed by atoms with Gasteiger partial charge in [-0.25, -0.2) is 0 Å². The van der Waals surface area contributed by atoms with E-state index >= 15 is 0 Å². The van der Waals surface area contributed by atoms with Crippen molar-refractivity contribution in [1.29, 1.82) is 0 Å². The third-order valence-corrected chi connectivity index (χ3v) is 5.39. The Hall–Kier alpha value is -2.99. The molecule has 0 fully saturated rings. The van der Waals surface area contributed by atoms with E-state index in [2.05, 4.69) is 33.1 Å². The Morgan fingerprint density at radius 1 is 1.00 bits per heavy atom. The molecule has 1 atom stereocenters. The van der Waals surface area contributed by atoms with E-state index in [-0.39, 0.29) is 6.04 Å². The van der Waals surface area contributed by atoms with Gasteiger partial charge in [0.05, 0.1) is 14.2 Å². The highest BCUT2D eigenvalue weighted by Crippen LogP contribution is 2.39. The van der Waals surface area contributed by atoms with Crippen molar-refractivity contribution in [3.05, 3.63) is 78.1 Å². The van der Waals surface area contributed by atoms with Crippen molar-refractivity contribution in [3.63, 3.8) is 0 Å². The molecule has 0 spiro atoms. The molecule has 3 aromatic rings. The van der Waals surface area contributed by atoms with Crippen molar-refractivity contribution in [2.24, 2.45) is 0 Å². The molecule has 6 heteroatoms. The highest BCUT2D eigenvalue weighted by molar-refractivity contribution is 7.80. The van der Waals surface area contributed by atoms with Gasteiger partial charge < -0.3 is 24.3 Å². The van der Waals surface area contributed by atoms with Gasteiger partial charge in [-0.2, -0.15) is 0 Å². The smallest absolute Gasteiger partial charge is 0.174 e. The van der Waals surface area contributed by atoms with Crippen LogP contribution in [0, 0.1) is 0 Å². The molecule has 1 aliphatic rings. The minimum absolute atomic E-state index is 0.0717. The van der Waals surface area contributed by atoms with Gasteiger partial charge in [-0.1, -0.05) is 18.2 Å². The molecule has 5 nitrogen and oxygen atoms in total. The van der Waals surface area contributed by atoms with Crippen LogP contribution < -0.4 is 14.8 Å². The van der Waals surface area contributed by atoms with Crippen molar-refractivity contribution in [1.82, 2.24) is 9.47 Å². The summed E-state index contributed by atoms with van der Waals surface area (Å²) in [6, 6.07) is 20.0. The summed E-state index contributed by atoms with van der Waals surface area (Å²) in [6.07, 6.45) is 2.11. The molecule has 0 bridgehead atoms. The van der Waals surface area contributed by atoms with Gasteiger partial charge in [0.15, 0.2) is 5.11 Å². The molecule has 1 aromatic heterocycles. The van der Waals surface area contributed by atoms with Crippen molar-refractivity contribution >= 4 is 23.0 Å². The van der Waals surface area contributed by atoms with Crippen LogP contribution in [0.25, 0.3) is 0 Å². The zero-order chi connectivity index (χ0) is 19.5. The average Bonchev–Trinajstić information content (AvgIpc) is 3.22. The third kappa shape index (κ3) is 3.43. The van der Waals surface area contributed by atoms with E-state index in [0.29, 0.717) is 5.11 Å². The Morgan fingerprint density at radius 2 is 1.82 bits per heavy atom. The second-order valence-electron chi connectivity index (χ2n) is 6.63. The number of nitrogens with one attached hydrogen (secondary N) is 1. The van der Waals surface area contributed by atoms with Crippen molar-refractivity contribution in [2.45, 2.75) is 12.6 Å². The van der Waals surface area contributed by atoms with Gasteiger partial charge >= 0.3 is 0 Å². The molecule has 2 heterocycles. The van der Waals surface area contributed by atoms with Crippen LogP contribution in [0.5, 0.6) is 11.5 Å². The summed E-state index contributed by atoms with van der Waals surface area (Å²) in [4.78, 5) is 2.22. The SMILES string of the molecule is COc1ccc(OC)c([C@H]2c3cccn3CCN2C(=S)Nc2ccccc2)c1. The molecule has 0 saturated carbocycles. The lowest BCUT2D eigenvalue weighted by atomic mass is 9.99. The lowest BCUT2D eigenvalue weighted by Gasteiger charge is -2.39. The van der Waals surface area contributed by atoms with Gasteiger partial charge in [-0.05, 0) is 54.7 Å². The van der Waals surface area contributed by atoms with Crippen LogP contribution in [-0.2, 0) is 6.54 Å². The van der Waals surface area contributed by atoms with Gasteiger partial charge in [-0.15, -0.1) is 0 Å². The number of benzene rings is 2. The number of rotatable bonds is 4. The van der Waals surface area contributed by atoms with Crippen LogP contribution in [0.2, 0.25) is 0 Å². The highest BCUT2D eigenvalue weighted by Gasteiger charge is 2.32. The number of fused-ring (bicyclic) bond motifs is 1. The lowest BCUT2D eigenvalue weighted by molar-refractivity contribution is 0.284. The molecule has 1 N–H and O–H groups in total. The second kappa shape index (κ2) is 7.94. The molecule has 0 unspecified atom stereocenters. The minimum Gasteiger partial charge on any atom is -0.497 e. The summed E-state index contributed by atoms with van der Waals surface area (Å²) in [5.74, 6) is 1.61. The molecule has 4 rings (SSSR count). The first-order chi connectivity index (χ1) is 13.7. The van der Waals surface area contributed by atoms with Crippen molar-refractivity contribution in [2.75, 3.05) is 26.1 Å². The standard InChI is InChI=1S/C22H23N3O2S/c1-26-17-10-11-20(27-2)18(15-17)21-19-9-6-12-24(19)13-14-25(21)22(28)23-16-7-4-3-5-8-16/h3-12,15,21H,13-14H2,1-2H3,(H,23,28)/t21-/m0/s1. The number of hydrogen-bond donors (Lipinski definition) is 1. The molecular weight excluding hydrogens is 370 g/mol. The van der Waals surface area contributed by atoms with E-state index in [1.165, 1.54) is 5.69 Å². The molecule has 0 amide bonds. The topological polar surface area (TPSA) is 38.7 Å². The van der Waals surface area contributed by atoms with Crippen LogP contribution in [0.1, 0.15) is 17.3 Å². The summed E-state index contributed by atoms with van der Waals surface area (Å²) in [5, 5.41) is 4.06. The lowest BCUT2D eigenvalue weighted by Crippen LogP contribution is -2.44. The Labute approximate surface area is 170 Å². The fourth-order valence-corrected chi connectivity index (χ4v) is 4.01. The molecule has 0 aliphatic carbocycles. The molecule has 144 valence electrons. The number of ether oxygens (including phenoxy) is 2. The predicted molar refractivity (Wildman–Crippen MR) is 115 cm³/mol. The Kier molecular flexibility index (Phi) is 5.21. The summed E-state index contributed by atoms with van der Waals surface area (Å²) in [6.45, 7) is 1.67. The Balaban J connectivity index is 1.76. The first kappa shape index (κ1) is 18.4. The van der Waals surface area contributed by atoms with E-state index in [9.17, 15) is 0 Å². The summed E-state index contributed by atoms with van der Waals surface area (Å²) in [7, 11) is 3.37. The van der Waals surface area contributed by atoms with E-state index in [4.69, 9.17) is 21.7 Å². The molecule has 28 heavy (non-hydrogen) atoms. The van der Waals surface area contributed by atoms with Crippen LogP contribution in [0.3, 0.4) is 0 Å². The van der Waals surface area contributed by atoms with Gasteiger partial charge in [0, 0.05) is 36.2 Å². The van der Waals surface area contributed by atoms with Gasteiger partial charge in [0.25, 0.3) is 0 Å². The largest absolute Gasteiger partial charge is 0.497 e. The number of anilines is 1. The zero-order valence-electron chi connectivity index (χ0n) is 16.0. The number of hydrogen-bond acceptors (Lipinski definition) is 3. The minimum atomic E-state index is -0.0717. The normalized spacial score (nSPS) is 15.6. The van der Waals surface area contributed by atoms with Crippen LogP contribution in [0.15, 0.2) is 66.9 Å². The number of methoxy groups -OCH3 is 2. The van der Waals surface area contributed by atoms with Crippen molar-refractivity contribution in [3.8, 4) is 11.5 Å². The van der Waals surface area contributed by atoms with E-state index in [0.717, 1.165) is 35.8 Å². The molecule has 2 aromatic carbocycles. The summed E-state index contributed by atoms with van der Waals surface area (Å²) < 4.78 is 13.4. The van der Waals surface area contributed by atoms with E-state index < -0.39 is 0 Å². The highest BCUT2D eigenvalue weighted by atomic mass is 32.1. The number of thiocarbonyl (C=S) groups is 1. The Morgan fingerprint density at radius 3 is 2.57 bits per heavy atom. The third-order valence-electron chi connectivity index (χ3n) is 5.06. The van der Waals surface area contributed by atoms with E-state index in [1.54, 1.807) is 14.2 Å². The quantitative estimate of drug-likeness (QED) is 0.669. The fraction of sp³-hybridized carbons (Fsp3) is 0.227. The van der Waals surface area contributed by atoms with E-state index in [1.807, 2.05) is 48.5 Å². The maximum Gasteiger partial charge on any atom is 0.174 e. The summed E-state index contributed by atoms with van der Waals surface area (Å²) in [5.41, 5.74) is 3.18. The van der Waals surface area contributed by atoms with Crippen LogP contribution in [-0.4, -0.2) is 35.3 Å². The number of nitrogens with zero attached hydrogens (tertiary/aromatic N) is 2. The van der Waals surface area contributed by atoms with Gasteiger partial charge in [-0.3, -0.25) is 0 Å². The first-order valence-electron chi connectivity index (χ1n) is 9.21. The molecular formula is C22H23N3O2S.